The van der Waals surface area contributed by atoms with Crippen LogP contribution < -0.4 is 0 Å². The predicted molar refractivity (Wildman–Crippen MR) is 51.5 cm³/mol. The fraction of sp³-hybridized carbons (Fsp3) is 0.500. The van der Waals surface area contributed by atoms with Crippen molar-refractivity contribution in [3.05, 3.63) is 18.0 Å². The Labute approximate surface area is 86.7 Å². The van der Waals surface area contributed by atoms with Crippen LogP contribution in [0.2, 0.25) is 0 Å². The van der Waals surface area contributed by atoms with Gasteiger partial charge in [-0.1, -0.05) is 0 Å². The smallest absolute Gasteiger partial charge is 0.307 e. The number of hydrogen-bond donors (Lipinski definition) is 1. The third-order valence-electron chi connectivity index (χ3n) is 2.69. The third kappa shape index (κ3) is 1.77. The average molecular weight is 208 g/mol. The van der Waals surface area contributed by atoms with Crippen LogP contribution in [0.25, 0.3) is 0 Å². The lowest BCUT2D eigenvalue weighted by Gasteiger charge is -1.93. The molecule has 0 bridgehead atoms. The highest BCUT2D eigenvalue weighted by atomic mass is 16.4. The van der Waals surface area contributed by atoms with E-state index in [-0.39, 0.29) is 11.7 Å². The minimum absolute atomic E-state index is 0.0953. The summed E-state index contributed by atoms with van der Waals surface area (Å²) in [6.07, 6.45) is 3.63. The highest BCUT2D eigenvalue weighted by molar-refractivity contribution is 6.02. The third-order valence-corrected chi connectivity index (χ3v) is 2.69. The molecule has 0 amide bonds. The Kier molecular flexibility index (Phi) is 2.30. The predicted octanol–water partition coefficient (Wildman–Crippen LogP) is 0.806. The van der Waals surface area contributed by atoms with Gasteiger partial charge in [-0.3, -0.25) is 14.3 Å². The van der Waals surface area contributed by atoms with Crippen molar-refractivity contribution in [2.45, 2.75) is 19.9 Å². The van der Waals surface area contributed by atoms with Gasteiger partial charge in [-0.15, -0.1) is 0 Å². The molecule has 1 aromatic heterocycles. The standard InChI is InChI=1S/C10H12N2O3/c1-2-12-5-6(4-11-12)9(13)7-3-8(7)10(14)15/h4-5,7-8H,2-3H2,1H3,(H,14,15)/t7-,8+/m1/s1. The Morgan fingerprint density at radius 3 is 2.80 bits per heavy atom. The molecule has 5 heteroatoms. The van der Waals surface area contributed by atoms with Crippen LogP contribution in [0, 0.1) is 11.8 Å². The lowest BCUT2D eigenvalue weighted by Crippen LogP contribution is -2.07. The van der Waals surface area contributed by atoms with Crippen molar-refractivity contribution >= 4 is 11.8 Å². The normalized spacial score (nSPS) is 23.8. The summed E-state index contributed by atoms with van der Waals surface area (Å²) in [5.74, 6) is -1.79. The van der Waals surface area contributed by atoms with Crippen LogP contribution in [0.4, 0.5) is 0 Å². The van der Waals surface area contributed by atoms with Crippen LogP contribution in [0.5, 0.6) is 0 Å². The molecule has 1 aromatic rings. The number of aliphatic carboxylic acids is 1. The van der Waals surface area contributed by atoms with Gasteiger partial charge in [0.2, 0.25) is 0 Å². The Hall–Kier alpha value is -1.65. The zero-order valence-corrected chi connectivity index (χ0v) is 8.38. The monoisotopic (exact) mass is 208 g/mol. The minimum atomic E-state index is -0.878. The summed E-state index contributed by atoms with van der Waals surface area (Å²) >= 11 is 0. The summed E-state index contributed by atoms with van der Waals surface area (Å²) in [4.78, 5) is 22.3. The van der Waals surface area contributed by atoms with Crippen LogP contribution in [0.15, 0.2) is 12.4 Å². The van der Waals surface area contributed by atoms with Crippen molar-refractivity contribution in [1.29, 1.82) is 0 Å². The second-order valence-electron chi connectivity index (χ2n) is 3.74. The van der Waals surface area contributed by atoms with E-state index in [1.54, 1.807) is 10.9 Å². The van der Waals surface area contributed by atoms with Gasteiger partial charge in [0.25, 0.3) is 0 Å². The highest BCUT2D eigenvalue weighted by Gasteiger charge is 2.48. The molecule has 0 unspecified atom stereocenters. The second kappa shape index (κ2) is 3.49. The molecule has 0 saturated heterocycles. The molecular weight excluding hydrogens is 196 g/mol. The van der Waals surface area contributed by atoms with E-state index in [1.807, 2.05) is 6.92 Å². The molecule has 15 heavy (non-hydrogen) atoms. The number of carboxylic acids is 1. The number of nitrogens with zero attached hydrogens (tertiary/aromatic N) is 2. The summed E-state index contributed by atoms with van der Waals surface area (Å²) in [7, 11) is 0. The highest BCUT2D eigenvalue weighted by Crippen LogP contribution is 2.40. The molecule has 1 aliphatic rings. The summed E-state index contributed by atoms with van der Waals surface area (Å²) in [5.41, 5.74) is 0.519. The Balaban J connectivity index is 2.06. The molecule has 80 valence electrons. The van der Waals surface area contributed by atoms with Crippen molar-refractivity contribution < 1.29 is 14.7 Å². The van der Waals surface area contributed by atoms with Gasteiger partial charge >= 0.3 is 5.97 Å². The summed E-state index contributed by atoms with van der Waals surface area (Å²) in [6.45, 7) is 2.64. The van der Waals surface area contributed by atoms with Crippen molar-refractivity contribution in [2.24, 2.45) is 11.8 Å². The molecule has 0 spiro atoms. The second-order valence-corrected chi connectivity index (χ2v) is 3.74. The van der Waals surface area contributed by atoms with E-state index in [2.05, 4.69) is 5.10 Å². The molecule has 1 N–H and O–H groups in total. The van der Waals surface area contributed by atoms with Crippen LogP contribution in [-0.2, 0) is 11.3 Å². The Bertz CT molecular complexity index is 411. The number of aromatic nitrogens is 2. The average Bonchev–Trinajstić information content (AvgIpc) is 2.88. The van der Waals surface area contributed by atoms with Crippen LogP contribution in [-0.4, -0.2) is 26.6 Å². The van der Waals surface area contributed by atoms with E-state index in [1.165, 1.54) is 6.20 Å². The minimum Gasteiger partial charge on any atom is -0.481 e. The quantitative estimate of drug-likeness (QED) is 0.743. The number of carboxylic acid groups (broad SMARTS) is 1. The van der Waals surface area contributed by atoms with Crippen LogP contribution in [0.3, 0.4) is 0 Å². The van der Waals surface area contributed by atoms with Gasteiger partial charge in [0.1, 0.15) is 0 Å². The molecular formula is C10H12N2O3. The van der Waals surface area contributed by atoms with Crippen molar-refractivity contribution in [3.63, 3.8) is 0 Å². The van der Waals surface area contributed by atoms with Gasteiger partial charge in [-0.25, -0.2) is 0 Å². The maximum absolute atomic E-state index is 11.7. The van der Waals surface area contributed by atoms with Crippen LogP contribution >= 0.6 is 0 Å². The molecule has 5 nitrogen and oxygen atoms in total. The van der Waals surface area contributed by atoms with Gasteiger partial charge in [0.05, 0.1) is 17.7 Å². The first-order valence-electron chi connectivity index (χ1n) is 4.93. The van der Waals surface area contributed by atoms with E-state index in [4.69, 9.17) is 5.11 Å². The van der Waals surface area contributed by atoms with Gasteiger partial charge in [0.15, 0.2) is 5.78 Å². The Morgan fingerprint density at radius 1 is 1.60 bits per heavy atom. The van der Waals surface area contributed by atoms with E-state index < -0.39 is 11.9 Å². The van der Waals surface area contributed by atoms with Crippen molar-refractivity contribution in [2.75, 3.05) is 0 Å². The van der Waals surface area contributed by atoms with E-state index in [9.17, 15) is 9.59 Å². The lowest BCUT2D eigenvalue weighted by atomic mass is 10.1. The number of Topliss-reactive ketones (excluding diaryl/α,β-unsaturated/α-hetero) is 1. The summed E-state index contributed by atoms with van der Waals surface area (Å²) < 4.78 is 1.66. The van der Waals surface area contributed by atoms with Crippen molar-refractivity contribution in [3.8, 4) is 0 Å². The molecule has 1 fully saturated rings. The van der Waals surface area contributed by atoms with Gasteiger partial charge in [-0.2, -0.15) is 5.10 Å². The first kappa shape index (κ1) is 9.89. The fourth-order valence-electron chi connectivity index (χ4n) is 1.64. The zero-order valence-electron chi connectivity index (χ0n) is 8.38. The molecule has 1 aliphatic carbocycles. The molecule has 0 aliphatic heterocycles. The molecule has 0 aromatic carbocycles. The number of rotatable bonds is 4. The maximum Gasteiger partial charge on any atom is 0.307 e. The summed E-state index contributed by atoms with van der Waals surface area (Å²) in [6, 6.07) is 0. The first-order chi connectivity index (χ1) is 7.13. The number of carbonyl (C=O) groups excluding carboxylic acids is 1. The fourth-order valence-corrected chi connectivity index (χ4v) is 1.64. The number of ketones is 1. The summed E-state index contributed by atoms with van der Waals surface area (Å²) in [5, 5.41) is 12.7. The molecule has 2 rings (SSSR count). The van der Waals surface area contributed by atoms with Gasteiger partial charge in [-0.05, 0) is 13.3 Å². The topological polar surface area (TPSA) is 72.2 Å². The largest absolute Gasteiger partial charge is 0.481 e. The van der Waals surface area contributed by atoms with Crippen LogP contribution in [0.1, 0.15) is 23.7 Å². The SMILES string of the molecule is CCn1cc(C(=O)[C@@H]2C[C@@H]2C(=O)O)cn1. The molecule has 1 saturated carbocycles. The number of hydrogen-bond acceptors (Lipinski definition) is 3. The maximum atomic E-state index is 11.7. The molecule has 2 atom stereocenters. The Morgan fingerprint density at radius 2 is 2.33 bits per heavy atom. The van der Waals surface area contributed by atoms with Crippen molar-refractivity contribution in [1.82, 2.24) is 9.78 Å². The van der Waals surface area contributed by atoms with E-state index >= 15 is 0 Å². The zero-order chi connectivity index (χ0) is 11.0. The molecule has 0 radical (unpaired) electrons. The van der Waals surface area contributed by atoms with Gasteiger partial charge < -0.3 is 5.11 Å². The van der Waals surface area contributed by atoms with E-state index in [0.717, 1.165) is 0 Å². The lowest BCUT2D eigenvalue weighted by molar-refractivity contribution is -0.138. The molecule has 1 heterocycles. The number of carbonyl (C=O) groups is 2. The number of aryl methyl sites for hydroxylation is 1. The van der Waals surface area contributed by atoms with E-state index in [0.29, 0.717) is 18.5 Å². The van der Waals surface area contributed by atoms with Gasteiger partial charge in [0, 0.05) is 18.7 Å². The first-order valence-corrected chi connectivity index (χ1v) is 4.93.